The van der Waals surface area contributed by atoms with Crippen molar-refractivity contribution in [2.24, 2.45) is 0 Å². The Balaban J connectivity index is 1.35. The molecule has 4 heterocycles. The van der Waals surface area contributed by atoms with Crippen molar-refractivity contribution in [2.75, 3.05) is 6.54 Å². The molecule has 1 amide bonds. The third-order valence-corrected chi connectivity index (χ3v) is 6.07. The minimum absolute atomic E-state index is 0.00560. The van der Waals surface area contributed by atoms with Gasteiger partial charge >= 0.3 is 5.97 Å². The zero-order valence-corrected chi connectivity index (χ0v) is 18.4. The maximum absolute atomic E-state index is 13.8. The van der Waals surface area contributed by atoms with Crippen LogP contribution in [0.15, 0.2) is 48.8 Å². The first-order chi connectivity index (χ1) is 16.5. The molecule has 3 aromatic heterocycles. The molecule has 34 heavy (non-hydrogen) atoms. The average Bonchev–Trinajstić information content (AvgIpc) is 3.39. The molecule has 0 saturated carbocycles. The molecule has 0 radical (unpaired) electrons. The Bertz CT molecular complexity index is 1380. The van der Waals surface area contributed by atoms with Crippen molar-refractivity contribution in [3.63, 3.8) is 0 Å². The van der Waals surface area contributed by atoms with Gasteiger partial charge in [-0.1, -0.05) is 17.3 Å². The number of nitrogens with zero attached hydrogens (tertiary/aromatic N) is 6. The number of carboxylic acids is 1. The van der Waals surface area contributed by atoms with E-state index in [1.807, 2.05) is 23.1 Å². The van der Waals surface area contributed by atoms with E-state index in [1.54, 1.807) is 18.5 Å². The quantitative estimate of drug-likeness (QED) is 0.452. The van der Waals surface area contributed by atoms with Gasteiger partial charge in [-0.05, 0) is 41.8 Å². The summed E-state index contributed by atoms with van der Waals surface area (Å²) in [5, 5.41) is 17.7. The molecule has 9 nitrogen and oxygen atoms in total. The normalized spacial score (nSPS) is 13.3. The molecule has 1 N–H and O–H groups in total. The summed E-state index contributed by atoms with van der Waals surface area (Å²) >= 11 is 0. The molecule has 0 fully saturated rings. The lowest BCUT2D eigenvalue weighted by molar-refractivity contribution is -0.138. The van der Waals surface area contributed by atoms with Gasteiger partial charge in [0, 0.05) is 49.4 Å². The molecular formula is C24H23FN6O3. The van der Waals surface area contributed by atoms with Gasteiger partial charge in [-0.2, -0.15) is 0 Å². The number of carbonyl (C=O) groups excluding carboxylic acids is 1. The molecule has 10 heteroatoms. The first-order valence-electron chi connectivity index (χ1n) is 11.1. The van der Waals surface area contributed by atoms with Crippen molar-refractivity contribution in [3.05, 3.63) is 77.1 Å². The van der Waals surface area contributed by atoms with Crippen molar-refractivity contribution < 1.29 is 19.1 Å². The lowest BCUT2D eigenvalue weighted by Gasteiger charge is -2.28. The molecular weight excluding hydrogens is 439 g/mol. The first-order valence-corrected chi connectivity index (χ1v) is 11.1. The number of fused-ring (bicyclic) bond motifs is 3. The van der Waals surface area contributed by atoms with Crippen molar-refractivity contribution in [1.82, 2.24) is 29.4 Å². The summed E-state index contributed by atoms with van der Waals surface area (Å²) in [6.45, 7) is 1.26. The zero-order valence-electron chi connectivity index (χ0n) is 18.4. The number of hydrogen-bond acceptors (Lipinski definition) is 5. The summed E-state index contributed by atoms with van der Waals surface area (Å²) in [7, 11) is 0. The highest BCUT2D eigenvalue weighted by molar-refractivity contribution is 5.84. The Morgan fingerprint density at radius 2 is 2.06 bits per heavy atom. The van der Waals surface area contributed by atoms with E-state index in [4.69, 9.17) is 5.11 Å². The van der Waals surface area contributed by atoms with E-state index in [9.17, 15) is 14.0 Å². The van der Waals surface area contributed by atoms with Gasteiger partial charge in [-0.25, -0.2) is 14.1 Å². The Hall–Kier alpha value is -4.08. The van der Waals surface area contributed by atoms with Crippen LogP contribution in [0.4, 0.5) is 4.39 Å². The van der Waals surface area contributed by atoms with E-state index in [1.165, 1.54) is 22.4 Å². The average molecular weight is 462 g/mol. The number of aromatic nitrogens is 5. The highest BCUT2D eigenvalue weighted by atomic mass is 19.1. The van der Waals surface area contributed by atoms with Crippen LogP contribution in [0.5, 0.6) is 0 Å². The number of benzene rings is 1. The van der Waals surface area contributed by atoms with Gasteiger partial charge in [0.15, 0.2) is 0 Å². The highest BCUT2D eigenvalue weighted by Gasteiger charge is 2.27. The van der Waals surface area contributed by atoms with Crippen LogP contribution in [-0.4, -0.2) is 53.0 Å². The van der Waals surface area contributed by atoms with Gasteiger partial charge in [-0.15, -0.1) is 5.10 Å². The van der Waals surface area contributed by atoms with Crippen LogP contribution in [0.25, 0.3) is 11.0 Å². The summed E-state index contributed by atoms with van der Waals surface area (Å²) in [5.74, 6) is -1.29. The van der Waals surface area contributed by atoms with Crippen LogP contribution < -0.4 is 0 Å². The molecule has 0 bridgehead atoms. The molecule has 174 valence electrons. The molecule has 1 aliphatic rings. The van der Waals surface area contributed by atoms with Crippen molar-refractivity contribution in [3.8, 4) is 0 Å². The van der Waals surface area contributed by atoms with Crippen LogP contribution in [0.2, 0.25) is 0 Å². The predicted molar refractivity (Wildman–Crippen MR) is 120 cm³/mol. The summed E-state index contributed by atoms with van der Waals surface area (Å²) in [4.78, 5) is 30.2. The van der Waals surface area contributed by atoms with Crippen molar-refractivity contribution in [2.45, 2.75) is 38.9 Å². The van der Waals surface area contributed by atoms with E-state index in [2.05, 4.69) is 19.9 Å². The number of amides is 1. The molecule has 4 aromatic rings. The first kappa shape index (κ1) is 21.7. The number of pyridine rings is 1. The monoisotopic (exact) mass is 462 g/mol. The number of carboxylic acid groups (broad SMARTS) is 1. The van der Waals surface area contributed by atoms with Gasteiger partial charge in [0.2, 0.25) is 5.91 Å². The van der Waals surface area contributed by atoms with Gasteiger partial charge in [0.25, 0.3) is 0 Å². The second-order valence-electron chi connectivity index (χ2n) is 8.38. The number of halogens is 1. The molecule has 1 aliphatic heterocycles. The standard InChI is InChI=1S/C24H23FN6O3/c25-17-4-1-3-16(11-17)12-31-21-14-29(10-8-19(21)20-5-2-9-26-24(20)31)22(32)7-6-18-13-30(28-27-18)15-23(33)34/h1-5,9,11,13H,6-8,10,12,14-15H2,(H,33,34). The van der Waals surface area contributed by atoms with Gasteiger partial charge in [-0.3, -0.25) is 9.59 Å². The molecule has 5 rings (SSSR count). The Morgan fingerprint density at radius 3 is 2.88 bits per heavy atom. The third-order valence-electron chi connectivity index (χ3n) is 6.07. The number of aliphatic carboxylic acids is 1. The number of carbonyl (C=O) groups is 2. The predicted octanol–water partition coefficient (Wildman–Crippen LogP) is 2.42. The van der Waals surface area contributed by atoms with Gasteiger partial charge in [0.1, 0.15) is 18.0 Å². The Morgan fingerprint density at radius 1 is 1.18 bits per heavy atom. The lowest BCUT2D eigenvalue weighted by Crippen LogP contribution is -2.36. The zero-order chi connectivity index (χ0) is 23.7. The lowest BCUT2D eigenvalue weighted by atomic mass is 10.0. The number of rotatable bonds is 7. The molecule has 0 saturated heterocycles. The summed E-state index contributed by atoms with van der Waals surface area (Å²) in [6.07, 6.45) is 4.65. The fraction of sp³-hybridized carbons (Fsp3) is 0.292. The summed E-state index contributed by atoms with van der Waals surface area (Å²) in [6, 6.07) is 10.5. The van der Waals surface area contributed by atoms with Crippen LogP contribution in [0, 0.1) is 5.82 Å². The van der Waals surface area contributed by atoms with E-state index in [-0.39, 0.29) is 24.7 Å². The van der Waals surface area contributed by atoms with Crippen LogP contribution >= 0.6 is 0 Å². The van der Waals surface area contributed by atoms with Gasteiger partial charge in [0.05, 0.1) is 12.2 Å². The fourth-order valence-corrected chi connectivity index (χ4v) is 4.52. The largest absolute Gasteiger partial charge is 0.480 e. The maximum atomic E-state index is 13.8. The molecule has 0 spiro atoms. The number of hydrogen-bond donors (Lipinski definition) is 1. The van der Waals surface area contributed by atoms with Crippen molar-refractivity contribution >= 4 is 22.9 Å². The van der Waals surface area contributed by atoms with E-state index in [0.717, 1.165) is 22.3 Å². The molecule has 0 aliphatic carbocycles. The van der Waals surface area contributed by atoms with Crippen LogP contribution in [0.3, 0.4) is 0 Å². The smallest absolute Gasteiger partial charge is 0.325 e. The second-order valence-corrected chi connectivity index (χ2v) is 8.38. The molecule has 0 unspecified atom stereocenters. The fourth-order valence-electron chi connectivity index (χ4n) is 4.52. The second kappa shape index (κ2) is 9.05. The highest BCUT2D eigenvalue weighted by Crippen LogP contribution is 2.31. The topological polar surface area (TPSA) is 106 Å². The minimum atomic E-state index is -1.00. The molecule has 0 atom stereocenters. The maximum Gasteiger partial charge on any atom is 0.325 e. The summed E-state index contributed by atoms with van der Waals surface area (Å²) < 4.78 is 17.1. The minimum Gasteiger partial charge on any atom is -0.480 e. The Labute approximate surface area is 194 Å². The Kier molecular flexibility index (Phi) is 5.79. The third kappa shape index (κ3) is 4.39. The number of aryl methyl sites for hydroxylation is 1. The van der Waals surface area contributed by atoms with E-state index < -0.39 is 5.97 Å². The van der Waals surface area contributed by atoms with Crippen molar-refractivity contribution in [1.29, 1.82) is 0 Å². The SMILES string of the molecule is O=C(O)Cn1cc(CCC(=O)N2CCc3c(n(Cc4cccc(F)c4)c4ncccc34)C2)nn1. The molecule has 1 aromatic carbocycles. The van der Waals surface area contributed by atoms with E-state index >= 15 is 0 Å². The van der Waals surface area contributed by atoms with Gasteiger partial charge < -0.3 is 14.6 Å². The van der Waals surface area contributed by atoms with Crippen LogP contribution in [-0.2, 0) is 42.1 Å². The van der Waals surface area contributed by atoms with Crippen LogP contribution in [0.1, 0.15) is 28.9 Å². The summed E-state index contributed by atoms with van der Waals surface area (Å²) in [5.41, 5.74) is 4.45. The van der Waals surface area contributed by atoms with E-state index in [0.29, 0.717) is 38.2 Å².